The van der Waals surface area contributed by atoms with Gasteiger partial charge in [-0.15, -0.1) is 0 Å². The Labute approximate surface area is 137 Å². The highest BCUT2D eigenvalue weighted by atomic mass is 79.9. The first kappa shape index (κ1) is 16.8. The summed E-state index contributed by atoms with van der Waals surface area (Å²) in [5.41, 5.74) is 1.35. The summed E-state index contributed by atoms with van der Waals surface area (Å²) in [6, 6.07) is 6.86. The number of rotatable bonds is 7. The second kappa shape index (κ2) is 8.19. The van der Waals surface area contributed by atoms with E-state index in [0.29, 0.717) is 6.04 Å². The predicted octanol–water partition coefficient (Wildman–Crippen LogP) is 4.80. The van der Waals surface area contributed by atoms with Gasteiger partial charge >= 0.3 is 0 Å². The molecule has 1 saturated carbocycles. The van der Waals surface area contributed by atoms with Crippen LogP contribution < -0.4 is 10.1 Å². The third-order valence-electron chi connectivity index (χ3n) is 4.65. The Morgan fingerprint density at radius 3 is 2.81 bits per heavy atom. The Morgan fingerprint density at radius 2 is 2.19 bits per heavy atom. The Bertz CT molecular complexity index is 449. The van der Waals surface area contributed by atoms with Crippen molar-refractivity contribution in [1.82, 2.24) is 5.32 Å². The van der Waals surface area contributed by atoms with E-state index < -0.39 is 0 Å². The van der Waals surface area contributed by atoms with E-state index in [-0.39, 0.29) is 0 Å². The molecule has 118 valence electrons. The first-order valence-corrected chi connectivity index (χ1v) is 8.99. The van der Waals surface area contributed by atoms with Crippen molar-refractivity contribution in [3.05, 3.63) is 28.2 Å². The lowest BCUT2D eigenvalue weighted by Gasteiger charge is -2.26. The van der Waals surface area contributed by atoms with E-state index >= 15 is 0 Å². The minimum absolute atomic E-state index is 0.582. The predicted molar refractivity (Wildman–Crippen MR) is 93.0 cm³/mol. The highest BCUT2D eigenvalue weighted by Crippen LogP contribution is 2.35. The fourth-order valence-corrected chi connectivity index (χ4v) is 3.83. The summed E-state index contributed by atoms with van der Waals surface area (Å²) in [6.45, 7) is 5.73. The molecule has 0 spiro atoms. The molecule has 0 bridgehead atoms. The molecule has 0 amide bonds. The number of benzene rings is 1. The third kappa shape index (κ3) is 4.72. The van der Waals surface area contributed by atoms with E-state index in [9.17, 15) is 0 Å². The van der Waals surface area contributed by atoms with E-state index in [2.05, 4.69) is 47.2 Å². The molecule has 3 heteroatoms. The number of ether oxygens (including phenoxy) is 1. The molecule has 1 N–H and O–H groups in total. The van der Waals surface area contributed by atoms with Crippen LogP contribution in [0.1, 0.15) is 45.1 Å². The summed E-state index contributed by atoms with van der Waals surface area (Å²) in [5.74, 6) is 2.64. The molecular formula is C18H28BrNO. The summed E-state index contributed by atoms with van der Waals surface area (Å²) in [4.78, 5) is 0. The Hall–Kier alpha value is -0.540. The van der Waals surface area contributed by atoms with Crippen molar-refractivity contribution in [3.8, 4) is 5.75 Å². The average molecular weight is 354 g/mol. The maximum Gasteiger partial charge on any atom is 0.119 e. The van der Waals surface area contributed by atoms with Crippen LogP contribution in [0.5, 0.6) is 5.75 Å². The van der Waals surface area contributed by atoms with Crippen LogP contribution in [0.2, 0.25) is 0 Å². The molecule has 3 unspecified atom stereocenters. The molecule has 2 nitrogen and oxygen atoms in total. The molecule has 0 aromatic heterocycles. The van der Waals surface area contributed by atoms with Crippen molar-refractivity contribution in [1.29, 1.82) is 0 Å². The number of methoxy groups -OCH3 is 1. The van der Waals surface area contributed by atoms with Gasteiger partial charge in [0.1, 0.15) is 5.75 Å². The number of halogens is 1. The molecule has 1 aromatic carbocycles. The number of hydrogen-bond donors (Lipinski definition) is 1. The van der Waals surface area contributed by atoms with Gasteiger partial charge in [-0.25, -0.2) is 0 Å². The minimum Gasteiger partial charge on any atom is -0.497 e. The Balaban J connectivity index is 2.10. The normalized spacial score (nSPS) is 23.2. The largest absolute Gasteiger partial charge is 0.497 e. The molecule has 1 aliphatic rings. The standard InChI is InChI=1S/C18H28BrNO/c1-4-9-20-18(14-6-5-13(2)10-14)12-15-11-16(21-3)7-8-17(15)19/h7-8,11,13-14,18,20H,4-6,9-10,12H2,1-3H3. The minimum atomic E-state index is 0.582. The van der Waals surface area contributed by atoms with Gasteiger partial charge in [-0.1, -0.05) is 36.2 Å². The van der Waals surface area contributed by atoms with E-state index in [1.54, 1.807) is 7.11 Å². The van der Waals surface area contributed by atoms with Crippen LogP contribution in [0.4, 0.5) is 0 Å². The molecule has 0 aliphatic heterocycles. The van der Waals surface area contributed by atoms with Crippen LogP contribution in [0.3, 0.4) is 0 Å². The van der Waals surface area contributed by atoms with Crippen LogP contribution in [-0.4, -0.2) is 19.7 Å². The van der Waals surface area contributed by atoms with Crippen molar-refractivity contribution in [2.45, 2.75) is 52.0 Å². The maximum atomic E-state index is 5.37. The molecule has 1 aliphatic carbocycles. The first-order chi connectivity index (χ1) is 10.1. The fourth-order valence-electron chi connectivity index (χ4n) is 3.42. The van der Waals surface area contributed by atoms with Crippen molar-refractivity contribution < 1.29 is 4.74 Å². The van der Waals surface area contributed by atoms with Crippen molar-refractivity contribution in [3.63, 3.8) is 0 Å². The number of nitrogens with one attached hydrogen (secondary N) is 1. The second-order valence-electron chi connectivity index (χ2n) is 6.40. The van der Waals surface area contributed by atoms with E-state index in [1.807, 2.05) is 6.07 Å². The van der Waals surface area contributed by atoms with Gasteiger partial charge < -0.3 is 10.1 Å². The molecule has 0 saturated heterocycles. The van der Waals surface area contributed by atoms with E-state index in [4.69, 9.17) is 4.74 Å². The summed E-state index contributed by atoms with van der Waals surface area (Å²) < 4.78 is 6.57. The molecule has 1 fully saturated rings. The van der Waals surface area contributed by atoms with E-state index in [1.165, 1.54) is 35.7 Å². The van der Waals surface area contributed by atoms with Gasteiger partial charge in [0, 0.05) is 10.5 Å². The van der Waals surface area contributed by atoms with Crippen molar-refractivity contribution in [2.24, 2.45) is 11.8 Å². The first-order valence-electron chi connectivity index (χ1n) is 8.19. The van der Waals surface area contributed by atoms with Crippen LogP contribution in [-0.2, 0) is 6.42 Å². The zero-order valence-corrected chi connectivity index (χ0v) is 15.1. The van der Waals surface area contributed by atoms with Gasteiger partial charge in [-0.3, -0.25) is 0 Å². The second-order valence-corrected chi connectivity index (χ2v) is 7.25. The zero-order chi connectivity index (χ0) is 15.2. The van der Waals surface area contributed by atoms with Gasteiger partial charge in [0.15, 0.2) is 0 Å². The van der Waals surface area contributed by atoms with Crippen molar-refractivity contribution >= 4 is 15.9 Å². The van der Waals surface area contributed by atoms with Gasteiger partial charge in [-0.2, -0.15) is 0 Å². The van der Waals surface area contributed by atoms with Gasteiger partial charge in [0.2, 0.25) is 0 Å². The van der Waals surface area contributed by atoms with Crippen molar-refractivity contribution in [2.75, 3.05) is 13.7 Å². The molecule has 0 radical (unpaired) electrons. The van der Waals surface area contributed by atoms with Gasteiger partial charge in [0.05, 0.1) is 7.11 Å². The molecule has 1 aromatic rings. The quantitative estimate of drug-likeness (QED) is 0.759. The molecule has 3 atom stereocenters. The summed E-state index contributed by atoms with van der Waals surface area (Å²) in [7, 11) is 1.73. The monoisotopic (exact) mass is 353 g/mol. The molecule has 0 heterocycles. The molecular weight excluding hydrogens is 326 g/mol. The lowest BCUT2D eigenvalue weighted by Crippen LogP contribution is -2.37. The average Bonchev–Trinajstić information content (AvgIpc) is 2.91. The highest BCUT2D eigenvalue weighted by molar-refractivity contribution is 9.10. The van der Waals surface area contributed by atoms with E-state index in [0.717, 1.165) is 30.6 Å². The van der Waals surface area contributed by atoms with Crippen LogP contribution in [0.15, 0.2) is 22.7 Å². The lowest BCUT2D eigenvalue weighted by molar-refractivity contribution is 0.347. The smallest absolute Gasteiger partial charge is 0.119 e. The highest BCUT2D eigenvalue weighted by Gasteiger charge is 2.28. The molecule has 2 rings (SSSR count). The van der Waals surface area contributed by atoms with Crippen LogP contribution >= 0.6 is 15.9 Å². The maximum absolute atomic E-state index is 5.37. The lowest BCUT2D eigenvalue weighted by atomic mass is 9.91. The van der Waals surface area contributed by atoms with Gasteiger partial charge in [-0.05, 0) is 67.8 Å². The van der Waals surface area contributed by atoms with Crippen LogP contribution in [0.25, 0.3) is 0 Å². The SMILES string of the molecule is CCCNC(Cc1cc(OC)ccc1Br)C1CCC(C)C1. The topological polar surface area (TPSA) is 21.3 Å². The Morgan fingerprint density at radius 1 is 1.38 bits per heavy atom. The summed E-state index contributed by atoms with van der Waals surface area (Å²) in [6.07, 6.45) is 6.38. The summed E-state index contributed by atoms with van der Waals surface area (Å²) >= 11 is 3.69. The zero-order valence-electron chi connectivity index (χ0n) is 13.5. The summed E-state index contributed by atoms with van der Waals surface area (Å²) in [5, 5.41) is 3.78. The fraction of sp³-hybridized carbons (Fsp3) is 0.667. The Kier molecular flexibility index (Phi) is 6.56. The third-order valence-corrected chi connectivity index (χ3v) is 5.43. The molecule has 21 heavy (non-hydrogen) atoms. The number of hydrogen-bond acceptors (Lipinski definition) is 2. The van der Waals surface area contributed by atoms with Gasteiger partial charge in [0.25, 0.3) is 0 Å². The van der Waals surface area contributed by atoms with Crippen LogP contribution in [0, 0.1) is 11.8 Å².